The average molecular weight is 290 g/mol. The molecule has 1 aromatic heterocycles. The van der Waals surface area contributed by atoms with E-state index in [0.717, 1.165) is 17.5 Å². The normalized spacial score (nSPS) is 12.5. The van der Waals surface area contributed by atoms with Gasteiger partial charge in [0.1, 0.15) is 29.9 Å². The number of benzene rings is 2. The highest BCUT2D eigenvalue weighted by atomic mass is 19.1. The Morgan fingerprint density at radius 2 is 1.90 bits per heavy atom. The van der Waals surface area contributed by atoms with Crippen LogP contribution in [-0.4, -0.2) is 11.7 Å². The monoisotopic (exact) mass is 290 g/mol. The topological polar surface area (TPSA) is 42.6 Å². The highest BCUT2D eigenvalue weighted by molar-refractivity contribution is 5.77. The minimum absolute atomic E-state index is 0.119. The first kappa shape index (κ1) is 13.6. The molecular weight excluding hydrogens is 278 g/mol. The average Bonchev–Trinajstić information content (AvgIpc) is 2.90. The lowest BCUT2D eigenvalue weighted by Crippen LogP contribution is -2.09. The molecule has 0 amide bonds. The van der Waals surface area contributed by atoms with Crippen LogP contribution in [0, 0.1) is 11.6 Å². The summed E-state index contributed by atoms with van der Waals surface area (Å²) >= 11 is 0. The van der Waals surface area contributed by atoms with Gasteiger partial charge in [0, 0.05) is 11.5 Å². The first-order valence-electron chi connectivity index (χ1n) is 6.38. The number of fused-ring (bicyclic) bond motifs is 1. The van der Waals surface area contributed by atoms with Gasteiger partial charge in [-0.2, -0.15) is 0 Å². The van der Waals surface area contributed by atoms with Crippen LogP contribution in [0.25, 0.3) is 11.0 Å². The number of hydrogen-bond acceptors (Lipinski definition) is 3. The van der Waals surface area contributed by atoms with Crippen LogP contribution in [-0.2, 0) is 0 Å². The van der Waals surface area contributed by atoms with Crippen molar-refractivity contribution in [3.8, 4) is 5.75 Å². The quantitative estimate of drug-likeness (QED) is 0.794. The van der Waals surface area contributed by atoms with Crippen LogP contribution < -0.4 is 4.74 Å². The Labute approximate surface area is 119 Å². The Balaban J connectivity index is 1.72. The van der Waals surface area contributed by atoms with Gasteiger partial charge in [-0.3, -0.25) is 0 Å². The summed E-state index contributed by atoms with van der Waals surface area (Å²) < 4.78 is 36.8. The second-order valence-corrected chi connectivity index (χ2v) is 4.59. The van der Waals surface area contributed by atoms with E-state index >= 15 is 0 Å². The summed E-state index contributed by atoms with van der Waals surface area (Å²) in [5.41, 5.74) is 0.652. The van der Waals surface area contributed by atoms with Crippen molar-refractivity contribution in [1.29, 1.82) is 0 Å². The van der Waals surface area contributed by atoms with E-state index < -0.39 is 17.7 Å². The molecule has 1 N–H and O–H groups in total. The number of furan rings is 1. The van der Waals surface area contributed by atoms with Gasteiger partial charge < -0.3 is 14.3 Å². The zero-order chi connectivity index (χ0) is 14.8. The molecule has 0 spiro atoms. The number of aliphatic hydroxyl groups excluding tert-OH is 1. The first-order chi connectivity index (χ1) is 10.1. The molecule has 108 valence electrons. The molecule has 0 aliphatic heterocycles. The van der Waals surface area contributed by atoms with Gasteiger partial charge in [0.15, 0.2) is 11.6 Å². The summed E-state index contributed by atoms with van der Waals surface area (Å²) in [4.78, 5) is 0. The molecule has 0 aliphatic rings. The van der Waals surface area contributed by atoms with Crippen LogP contribution in [0.5, 0.6) is 5.75 Å². The molecular formula is C16H12F2O3. The zero-order valence-electron chi connectivity index (χ0n) is 10.9. The molecule has 1 heterocycles. The third-order valence-corrected chi connectivity index (χ3v) is 3.06. The van der Waals surface area contributed by atoms with E-state index in [1.807, 2.05) is 18.2 Å². The molecule has 3 rings (SSSR count). The van der Waals surface area contributed by atoms with Crippen LogP contribution in [0.15, 0.2) is 52.9 Å². The van der Waals surface area contributed by atoms with Crippen molar-refractivity contribution in [2.75, 3.05) is 6.61 Å². The maximum Gasteiger partial charge on any atom is 0.167 e. The van der Waals surface area contributed by atoms with Gasteiger partial charge in [-0.05, 0) is 24.3 Å². The van der Waals surface area contributed by atoms with E-state index in [0.29, 0.717) is 11.3 Å². The van der Waals surface area contributed by atoms with E-state index in [-0.39, 0.29) is 12.4 Å². The fourth-order valence-corrected chi connectivity index (χ4v) is 2.01. The van der Waals surface area contributed by atoms with Crippen LogP contribution in [0.4, 0.5) is 8.78 Å². The summed E-state index contributed by atoms with van der Waals surface area (Å²) in [6, 6.07) is 12.0. The van der Waals surface area contributed by atoms with Gasteiger partial charge in [-0.1, -0.05) is 18.2 Å². The predicted octanol–water partition coefficient (Wildman–Crippen LogP) is 3.82. The summed E-state index contributed by atoms with van der Waals surface area (Å²) in [7, 11) is 0. The fraction of sp³-hybridized carbons (Fsp3) is 0.125. The summed E-state index contributed by atoms with van der Waals surface area (Å²) in [5.74, 6) is -1.28. The minimum Gasteiger partial charge on any atom is -0.487 e. The highest BCUT2D eigenvalue weighted by Crippen LogP contribution is 2.25. The number of rotatable bonds is 4. The Bertz CT molecular complexity index is 734. The van der Waals surface area contributed by atoms with Crippen LogP contribution in [0.2, 0.25) is 0 Å². The maximum absolute atomic E-state index is 13.4. The van der Waals surface area contributed by atoms with Crippen LogP contribution in [0.1, 0.15) is 11.9 Å². The van der Waals surface area contributed by atoms with E-state index in [2.05, 4.69) is 0 Å². The molecule has 0 radical (unpaired) electrons. The summed E-state index contributed by atoms with van der Waals surface area (Å²) in [5, 5.41) is 10.9. The molecule has 0 saturated heterocycles. The minimum atomic E-state index is -1.04. The maximum atomic E-state index is 13.4. The van der Waals surface area contributed by atoms with Crippen molar-refractivity contribution < 1.29 is 23.0 Å². The van der Waals surface area contributed by atoms with Gasteiger partial charge in [-0.15, -0.1) is 0 Å². The molecule has 3 aromatic rings. The van der Waals surface area contributed by atoms with Gasteiger partial charge in [0.2, 0.25) is 0 Å². The fourth-order valence-electron chi connectivity index (χ4n) is 2.01. The van der Waals surface area contributed by atoms with Crippen molar-refractivity contribution in [2.24, 2.45) is 0 Å². The lowest BCUT2D eigenvalue weighted by molar-refractivity contribution is 0.0882. The van der Waals surface area contributed by atoms with Gasteiger partial charge in [0.05, 0.1) is 0 Å². The Morgan fingerprint density at radius 3 is 2.67 bits per heavy atom. The van der Waals surface area contributed by atoms with Crippen molar-refractivity contribution >= 4 is 11.0 Å². The van der Waals surface area contributed by atoms with E-state index in [4.69, 9.17) is 9.15 Å². The lowest BCUT2D eigenvalue weighted by Gasteiger charge is -2.10. The number of aliphatic hydroxyl groups is 1. The first-order valence-corrected chi connectivity index (χ1v) is 6.38. The third kappa shape index (κ3) is 2.87. The number of ether oxygens (including phenoxy) is 1. The zero-order valence-corrected chi connectivity index (χ0v) is 10.9. The standard InChI is InChI=1S/C16H12F2O3/c17-11-5-6-15(12(18)8-11)20-9-13(19)16-7-10-3-1-2-4-14(10)21-16/h1-8,13,19H,9H2. The molecule has 1 unspecified atom stereocenters. The van der Waals surface area contributed by atoms with Crippen molar-refractivity contribution in [2.45, 2.75) is 6.10 Å². The van der Waals surface area contributed by atoms with Crippen LogP contribution >= 0.6 is 0 Å². The lowest BCUT2D eigenvalue weighted by atomic mass is 10.2. The van der Waals surface area contributed by atoms with Crippen LogP contribution in [0.3, 0.4) is 0 Å². The predicted molar refractivity (Wildman–Crippen MR) is 73.0 cm³/mol. The van der Waals surface area contributed by atoms with Gasteiger partial charge >= 0.3 is 0 Å². The second kappa shape index (κ2) is 5.54. The molecule has 2 aromatic carbocycles. The van der Waals surface area contributed by atoms with Crippen molar-refractivity contribution in [3.05, 3.63) is 65.9 Å². The number of para-hydroxylation sites is 1. The molecule has 5 heteroatoms. The molecule has 0 fully saturated rings. The van der Waals surface area contributed by atoms with Crippen molar-refractivity contribution in [3.63, 3.8) is 0 Å². The summed E-state index contributed by atoms with van der Waals surface area (Å²) in [6.07, 6.45) is -1.04. The van der Waals surface area contributed by atoms with E-state index in [1.54, 1.807) is 12.1 Å². The smallest absolute Gasteiger partial charge is 0.167 e. The highest BCUT2D eigenvalue weighted by Gasteiger charge is 2.15. The number of halogens is 2. The molecule has 21 heavy (non-hydrogen) atoms. The third-order valence-electron chi connectivity index (χ3n) is 3.06. The molecule has 1 atom stereocenters. The second-order valence-electron chi connectivity index (χ2n) is 4.59. The van der Waals surface area contributed by atoms with E-state index in [9.17, 15) is 13.9 Å². The van der Waals surface area contributed by atoms with Gasteiger partial charge in [-0.25, -0.2) is 8.78 Å². The van der Waals surface area contributed by atoms with Gasteiger partial charge in [0.25, 0.3) is 0 Å². The molecule has 0 saturated carbocycles. The largest absolute Gasteiger partial charge is 0.487 e. The number of hydrogen-bond donors (Lipinski definition) is 1. The van der Waals surface area contributed by atoms with E-state index in [1.165, 1.54) is 6.07 Å². The molecule has 0 bridgehead atoms. The Morgan fingerprint density at radius 1 is 1.10 bits per heavy atom. The Hall–Kier alpha value is -2.40. The van der Waals surface area contributed by atoms with Crippen molar-refractivity contribution in [1.82, 2.24) is 0 Å². The SMILES string of the molecule is OC(COc1ccc(F)cc1F)c1cc2ccccc2o1. The molecule has 3 nitrogen and oxygen atoms in total. The Kier molecular flexibility index (Phi) is 3.58. The summed E-state index contributed by atoms with van der Waals surface area (Å²) in [6.45, 7) is -0.192. The molecule has 0 aliphatic carbocycles.